The normalized spacial score (nSPS) is 39.4. The zero-order valence-corrected chi connectivity index (χ0v) is 9.47. The van der Waals surface area contributed by atoms with Crippen molar-refractivity contribution in [2.75, 3.05) is 19.6 Å². The van der Waals surface area contributed by atoms with Crippen molar-refractivity contribution in [2.45, 2.75) is 51.0 Å². The minimum Gasteiger partial charge on any atom is -0.329 e. The molecule has 0 amide bonds. The van der Waals surface area contributed by atoms with Crippen LogP contribution in [-0.4, -0.2) is 30.1 Å². The van der Waals surface area contributed by atoms with E-state index in [1.54, 1.807) is 0 Å². The Bertz CT molecular complexity index is 187. The first-order chi connectivity index (χ1) is 6.80. The van der Waals surface area contributed by atoms with E-state index in [2.05, 4.69) is 11.8 Å². The average molecular weight is 196 g/mol. The summed E-state index contributed by atoms with van der Waals surface area (Å²) in [6.45, 7) is 5.80. The Balaban J connectivity index is 2.02. The molecular formula is C12H24N2. The van der Waals surface area contributed by atoms with Gasteiger partial charge in [0.1, 0.15) is 0 Å². The van der Waals surface area contributed by atoms with Crippen molar-refractivity contribution in [2.24, 2.45) is 11.7 Å². The van der Waals surface area contributed by atoms with Crippen molar-refractivity contribution in [1.82, 2.24) is 4.90 Å². The molecule has 0 spiro atoms. The number of rotatable bonds is 3. The third-order valence-corrected chi connectivity index (χ3v) is 4.42. The Morgan fingerprint density at radius 2 is 2.07 bits per heavy atom. The van der Waals surface area contributed by atoms with Crippen molar-refractivity contribution < 1.29 is 0 Å². The van der Waals surface area contributed by atoms with E-state index < -0.39 is 0 Å². The topological polar surface area (TPSA) is 29.3 Å². The van der Waals surface area contributed by atoms with E-state index in [-0.39, 0.29) is 0 Å². The number of nitrogens with zero attached hydrogens (tertiary/aromatic N) is 1. The number of likely N-dealkylation sites (tertiary alicyclic amines) is 1. The molecule has 2 N–H and O–H groups in total. The summed E-state index contributed by atoms with van der Waals surface area (Å²) in [6, 6.07) is 0. The van der Waals surface area contributed by atoms with Gasteiger partial charge in [-0.05, 0) is 51.1 Å². The second-order valence-electron chi connectivity index (χ2n) is 5.14. The molecule has 2 atom stereocenters. The molecule has 0 aromatic heterocycles. The van der Waals surface area contributed by atoms with Crippen LogP contribution >= 0.6 is 0 Å². The van der Waals surface area contributed by atoms with Crippen LogP contribution in [0.2, 0.25) is 0 Å². The Morgan fingerprint density at radius 1 is 1.36 bits per heavy atom. The third kappa shape index (κ3) is 1.70. The summed E-state index contributed by atoms with van der Waals surface area (Å²) in [4.78, 5) is 2.68. The van der Waals surface area contributed by atoms with Crippen LogP contribution in [0, 0.1) is 5.92 Å². The van der Waals surface area contributed by atoms with E-state index in [9.17, 15) is 0 Å². The van der Waals surface area contributed by atoms with Crippen LogP contribution < -0.4 is 5.73 Å². The highest BCUT2D eigenvalue weighted by Crippen LogP contribution is 2.41. The lowest BCUT2D eigenvalue weighted by atomic mass is 9.93. The lowest BCUT2D eigenvalue weighted by Gasteiger charge is -2.38. The van der Waals surface area contributed by atoms with Gasteiger partial charge in [0, 0.05) is 12.1 Å². The van der Waals surface area contributed by atoms with Crippen molar-refractivity contribution >= 4 is 0 Å². The monoisotopic (exact) mass is 196 g/mol. The highest BCUT2D eigenvalue weighted by Gasteiger charge is 2.42. The Labute approximate surface area is 87.8 Å². The molecule has 1 saturated heterocycles. The molecular weight excluding hydrogens is 172 g/mol. The molecule has 2 fully saturated rings. The van der Waals surface area contributed by atoms with E-state index in [0.717, 1.165) is 12.5 Å². The van der Waals surface area contributed by atoms with Crippen LogP contribution in [0.1, 0.15) is 45.4 Å². The summed E-state index contributed by atoms with van der Waals surface area (Å²) in [5.74, 6) is 0.944. The zero-order chi connectivity index (χ0) is 10.0. The SMILES string of the molecule is CCC1CCC(CN)(N2CCCC2)C1. The van der Waals surface area contributed by atoms with Gasteiger partial charge in [-0.15, -0.1) is 0 Å². The molecule has 2 unspecified atom stereocenters. The van der Waals surface area contributed by atoms with Gasteiger partial charge in [-0.2, -0.15) is 0 Å². The summed E-state index contributed by atoms with van der Waals surface area (Å²) in [5, 5.41) is 0. The third-order valence-electron chi connectivity index (χ3n) is 4.42. The van der Waals surface area contributed by atoms with Gasteiger partial charge in [0.25, 0.3) is 0 Å². The zero-order valence-electron chi connectivity index (χ0n) is 9.47. The smallest absolute Gasteiger partial charge is 0.0334 e. The van der Waals surface area contributed by atoms with E-state index >= 15 is 0 Å². The number of hydrogen-bond donors (Lipinski definition) is 1. The fourth-order valence-electron chi connectivity index (χ4n) is 3.36. The maximum atomic E-state index is 6.02. The van der Waals surface area contributed by atoms with Crippen LogP contribution in [0.25, 0.3) is 0 Å². The minimum atomic E-state index is 0.400. The molecule has 2 nitrogen and oxygen atoms in total. The predicted octanol–water partition coefficient (Wildman–Crippen LogP) is 1.99. The molecule has 1 saturated carbocycles. The highest BCUT2D eigenvalue weighted by molar-refractivity contribution is 4.99. The molecule has 82 valence electrons. The van der Waals surface area contributed by atoms with Crippen molar-refractivity contribution in [3.63, 3.8) is 0 Å². The van der Waals surface area contributed by atoms with Gasteiger partial charge in [-0.25, -0.2) is 0 Å². The van der Waals surface area contributed by atoms with Gasteiger partial charge in [0.05, 0.1) is 0 Å². The Morgan fingerprint density at radius 3 is 2.57 bits per heavy atom. The maximum Gasteiger partial charge on any atom is 0.0334 e. The van der Waals surface area contributed by atoms with E-state index in [1.165, 1.54) is 51.6 Å². The molecule has 0 bridgehead atoms. The predicted molar refractivity (Wildman–Crippen MR) is 60.2 cm³/mol. The largest absolute Gasteiger partial charge is 0.329 e. The summed E-state index contributed by atoms with van der Waals surface area (Å²) >= 11 is 0. The highest BCUT2D eigenvalue weighted by atomic mass is 15.2. The fraction of sp³-hybridized carbons (Fsp3) is 1.00. The molecule has 1 heterocycles. The Hall–Kier alpha value is -0.0800. The first kappa shape index (κ1) is 10.4. The molecule has 14 heavy (non-hydrogen) atoms. The van der Waals surface area contributed by atoms with Crippen LogP contribution in [0.3, 0.4) is 0 Å². The van der Waals surface area contributed by atoms with E-state index in [1.807, 2.05) is 0 Å². The summed E-state index contributed by atoms with van der Waals surface area (Å²) in [5.41, 5.74) is 6.42. The van der Waals surface area contributed by atoms with Gasteiger partial charge >= 0.3 is 0 Å². The first-order valence-corrected chi connectivity index (χ1v) is 6.26. The molecule has 1 aliphatic heterocycles. The number of hydrogen-bond acceptors (Lipinski definition) is 2. The van der Waals surface area contributed by atoms with Gasteiger partial charge in [0.2, 0.25) is 0 Å². The second kappa shape index (κ2) is 4.19. The first-order valence-electron chi connectivity index (χ1n) is 6.26. The van der Waals surface area contributed by atoms with Crippen molar-refractivity contribution in [3.05, 3.63) is 0 Å². The van der Waals surface area contributed by atoms with Gasteiger partial charge in [0.15, 0.2) is 0 Å². The molecule has 2 rings (SSSR count). The van der Waals surface area contributed by atoms with Crippen molar-refractivity contribution in [1.29, 1.82) is 0 Å². The quantitative estimate of drug-likeness (QED) is 0.748. The minimum absolute atomic E-state index is 0.400. The summed E-state index contributed by atoms with van der Waals surface area (Å²) < 4.78 is 0. The van der Waals surface area contributed by atoms with Crippen LogP contribution in [-0.2, 0) is 0 Å². The average Bonchev–Trinajstić information content (AvgIpc) is 2.87. The molecule has 1 aliphatic carbocycles. The second-order valence-corrected chi connectivity index (χ2v) is 5.14. The van der Waals surface area contributed by atoms with Crippen molar-refractivity contribution in [3.8, 4) is 0 Å². The van der Waals surface area contributed by atoms with Gasteiger partial charge in [-0.1, -0.05) is 13.3 Å². The molecule has 0 aromatic carbocycles. The van der Waals surface area contributed by atoms with Gasteiger partial charge in [-0.3, -0.25) is 4.90 Å². The lowest BCUT2D eigenvalue weighted by molar-refractivity contribution is 0.125. The summed E-state index contributed by atoms with van der Waals surface area (Å²) in [6.07, 6.45) is 8.24. The summed E-state index contributed by atoms with van der Waals surface area (Å²) in [7, 11) is 0. The van der Waals surface area contributed by atoms with Gasteiger partial charge < -0.3 is 5.73 Å². The van der Waals surface area contributed by atoms with E-state index in [4.69, 9.17) is 5.73 Å². The van der Waals surface area contributed by atoms with Crippen LogP contribution in [0.15, 0.2) is 0 Å². The van der Waals surface area contributed by atoms with Crippen LogP contribution in [0.5, 0.6) is 0 Å². The Kier molecular flexibility index (Phi) is 3.13. The standard InChI is InChI=1S/C12H24N2/c1-2-11-5-6-12(9-11,10-13)14-7-3-4-8-14/h11H,2-10,13H2,1H3. The molecule has 0 aromatic rings. The number of nitrogens with two attached hydrogens (primary N) is 1. The maximum absolute atomic E-state index is 6.02. The fourth-order valence-corrected chi connectivity index (χ4v) is 3.36. The lowest BCUT2D eigenvalue weighted by Crippen LogP contribution is -2.50. The molecule has 2 aliphatic rings. The molecule has 0 radical (unpaired) electrons. The molecule has 2 heteroatoms. The van der Waals surface area contributed by atoms with E-state index in [0.29, 0.717) is 5.54 Å². The van der Waals surface area contributed by atoms with Crippen LogP contribution in [0.4, 0.5) is 0 Å².